The predicted octanol–water partition coefficient (Wildman–Crippen LogP) is 5.96. The fourth-order valence-corrected chi connectivity index (χ4v) is 6.28. The van der Waals surface area contributed by atoms with Gasteiger partial charge < -0.3 is 0 Å². The third kappa shape index (κ3) is 3.86. The van der Waals surface area contributed by atoms with Gasteiger partial charge in [0.05, 0.1) is 4.90 Å². The minimum absolute atomic E-state index is 0.345. The molecular formula is C27H27NO2S. The molecular weight excluding hydrogens is 402 g/mol. The van der Waals surface area contributed by atoms with Crippen molar-refractivity contribution in [2.45, 2.75) is 31.1 Å². The van der Waals surface area contributed by atoms with Crippen molar-refractivity contribution in [1.29, 1.82) is 0 Å². The number of hydrogen-bond acceptors (Lipinski definition) is 2. The van der Waals surface area contributed by atoms with Crippen LogP contribution in [0.25, 0.3) is 16.8 Å². The van der Waals surface area contributed by atoms with Crippen LogP contribution in [0.3, 0.4) is 0 Å². The van der Waals surface area contributed by atoms with Crippen molar-refractivity contribution in [3.63, 3.8) is 0 Å². The van der Waals surface area contributed by atoms with E-state index in [9.17, 15) is 8.42 Å². The van der Waals surface area contributed by atoms with E-state index in [2.05, 4.69) is 54.6 Å². The maximum Gasteiger partial charge on any atom is 0.243 e. The molecule has 4 heteroatoms. The van der Waals surface area contributed by atoms with Crippen molar-refractivity contribution in [2.75, 3.05) is 13.1 Å². The first-order valence-corrected chi connectivity index (χ1v) is 12.4. The lowest BCUT2D eigenvalue weighted by Crippen LogP contribution is -2.41. The van der Waals surface area contributed by atoms with Crippen molar-refractivity contribution < 1.29 is 8.42 Å². The van der Waals surface area contributed by atoms with Crippen LogP contribution in [-0.2, 0) is 10.0 Å². The van der Waals surface area contributed by atoms with E-state index in [1.165, 1.54) is 21.9 Å². The fraction of sp³-hybridized carbons (Fsp3) is 0.259. The summed E-state index contributed by atoms with van der Waals surface area (Å²) in [5, 5.41) is 2.41. The predicted molar refractivity (Wildman–Crippen MR) is 127 cm³/mol. The quantitative estimate of drug-likeness (QED) is 0.482. The molecule has 1 saturated heterocycles. The molecule has 1 atom stereocenters. The monoisotopic (exact) mass is 429 g/mol. The van der Waals surface area contributed by atoms with Gasteiger partial charge in [0.25, 0.3) is 0 Å². The van der Waals surface area contributed by atoms with Gasteiger partial charge in [0.2, 0.25) is 10.0 Å². The molecule has 3 aromatic carbocycles. The zero-order valence-electron chi connectivity index (χ0n) is 17.8. The molecule has 1 aliphatic heterocycles. The Morgan fingerprint density at radius 3 is 2.55 bits per heavy atom. The van der Waals surface area contributed by atoms with E-state index in [0.717, 1.165) is 30.4 Å². The summed E-state index contributed by atoms with van der Waals surface area (Å²) >= 11 is 0. The van der Waals surface area contributed by atoms with E-state index < -0.39 is 10.0 Å². The summed E-state index contributed by atoms with van der Waals surface area (Å²) in [5.74, 6) is 0.345. The molecule has 3 aromatic rings. The third-order valence-electron chi connectivity index (χ3n) is 6.54. The van der Waals surface area contributed by atoms with E-state index in [-0.39, 0.29) is 0 Å². The van der Waals surface area contributed by atoms with Crippen LogP contribution in [0.2, 0.25) is 0 Å². The van der Waals surface area contributed by atoms with Crippen LogP contribution in [0.5, 0.6) is 0 Å². The Hall–Kier alpha value is -2.69. The van der Waals surface area contributed by atoms with Crippen LogP contribution in [0, 0.1) is 12.8 Å². The molecule has 0 aromatic heterocycles. The summed E-state index contributed by atoms with van der Waals surface area (Å²) < 4.78 is 28.6. The average Bonchev–Trinajstić information content (AvgIpc) is 2.79. The highest BCUT2D eigenvalue weighted by Crippen LogP contribution is 2.39. The molecule has 0 radical (unpaired) electrons. The first-order valence-electron chi connectivity index (χ1n) is 11.0. The normalized spacial score (nSPS) is 21.1. The van der Waals surface area contributed by atoms with Gasteiger partial charge in [0.15, 0.2) is 0 Å². The van der Waals surface area contributed by atoms with Gasteiger partial charge in [0.1, 0.15) is 0 Å². The summed E-state index contributed by atoms with van der Waals surface area (Å²) in [6.07, 6.45) is 7.79. The van der Waals surface area contributed by atoms with Crippen molar-refractivity contribution in [3.05, 3.63) is 95.1 Å². The Kier molecular flexibility index (Phi) is 5.28. The molecule has 0 saturated carbocycles. The van der Waals surface area contributed by atoms with E-state index in [1.54, 1.807) is 16.4 Å². The van der Waals surface area contributed by atoms with E-state index in [1.807, 2.05) is 19.1 Å². The van der Waals surface area contributed by atoms with Gasteiger partial charge in [-0.3, -0.25) is 0 Å². The summed E-state index contributed by atoms with van der Waals surface area (Å²) in [5.41, 5.74) is 4.67. The third-order valence-corrected chi connectivity index (χ3v) is 8.35. The van der Waals surface area contributed by atoms with Crippen LogP contribution in [0.1, 0.15) is 30.4 Å². The lowest BCUT2D eigenvalue weighted by Gasteiger charge is -2.38. The van der Waals surface area contributed by atoms with Crippen molar-refractivity contribution in [3.8, 4) is 0 Å². The van der Waals surface area contributed by atoms with Crippen LogP contribution in [-0.4, -0.2) is 25.8 Å². The highest BCUT2D eigenvalue weighted by Gasteiger charge is 2.35. The second-order valence-electron chi connectivity index (χ2n) is 8.64. The van der Waals surface area contributed by atoms with Crippen LogP contribution in [0.4, 0.5) is 0 Å². The summed E-state index contributed by atoms with van der Waals surface area (Å²) in [6, 6.07) is 21.9. The summed E-state index contributed by atoms with van der Waals surface area (Å²) in [4.78, 5) is 0.373. The SMILES string of the molecule is Cc1ccc(S(=O)(=O)N2CC3=CCCCC3/C(=C/c3cccc4ccccc34)C2)cc1. The number of piperidine rings is 1. The highest BCUT2D eigenvalue weighted by atomic mass is 32.2. The average molecular weight is 430 g/mol. The topological polar surface area (TPSA) is 37.4 Å². The summed E-state index contributed by atoms with van der Waals surface area (Å²) in [6.45, 7) is 2.91. The molecule has 1 unspecified atom stereocenters. The zero-order valence-corrected chi connectivity index (χ0v) is 18.6. The molecule has 1 heterocycles. The molecule has 0 N–H and O–H groups in total. The molecule has 5 rings (SSSR count). The minimum Gasteiger partial charge on any atom is -0.207 e. The van der Waals surface area contributed by atoms with E-state index in [0.29, 0.717) is 23.9 Å². The van der Waals surface area contributed by atoms with Crippen molar-refractivity contribution in [2.24, 2.45) is 5.92 Å². The van der Waals surface area contributed by atoms with Gasteiger partial charge in [-0.05, 0) is 60.2 Å². The van der Waals surface area contributed by atoms with Crippen LogP contribution >= 0.6 is 0 Å². The number of allylic oxidation sites excluding steroid dienone is 1. The number of aryl methyl sites for hydroxylation is 1. The summed E-state index contributed by atoms with van der Waals surface area (Å²) in [7, 11) is -3.55. The number of benzene rings is 3. The molecule has 0 spiro atoms. The van der Waals surface area contributed by atoms with Gasteiger partial charge >= 0.3 is 0 Å². The van der Waals surface area contributed by atoms with Crippen molar-refractivity contribution >= 4 is 26.9 Å². The molecule has 31 heavy (non-hydrogen) atoms. The first-order chi connectivity index (χ1) is 15.0. The number of sulfonamides is 1. The molecule has 158 valence electrons. The van der Waals surface area contributed by atoms with Crippen molar-refractivity contribution in [1.82, 2.24) is 4.31 Å². The number of nitrogens with zero attached hydrogens (tertiary/aromatic N) is 1. The Bertz CT molecular complexity index is 1280. The van der Waals surface area contributed by atoms with Gasteiger partial charge in [-0.2, -0.15) is 4.31 Å². The van der Waals surface area contributed by atoms with E-state index in [4.69, 9.17) is 0 Å². The maximum absolute atomic E-state index is 13.5. The molecule has 0 bridgehead atoms. The molecule has 2 aliphatic rings. The van der Waals surface area contributed by atoms with Crippen LogP contribution < -0.4 is 0 Å². The van der Waals surface area contributed by atoms with Gasteiger partial charge in [-0.25, -0.2) is 8.42 Å². The Balaban J connectivity index is 1.58. The lowest BCUT2D eigenvalue weighted by atomic mass is 9.79. The Labute approximate surface area is 184 Å². The number of hydrogen-bond donors (Lipinski definition) is 0. The molecule has 0 amide bonds. The van der Waals surface area contributed by atoms with Gasteiger partial charge in [-0.15, -0.1) is 0 Å². The molecule has 1 fully saturated rings. The second-order valence-corrected chi connectivity index (χ2v) is 10.6. The largest absolute Gasteiger partial charge is 0.243 e. The standard InChI is InChI=1S/C27H27NO2S/c1-20-13-15-25(16-14-20)31(29,30)28-18-23-8-3-5-12-27(23)24(19-28)17-22-10-6-9-21-7-2-4-11-26(21)22/h2,4,6-11,13-17,27H,3,5,12,18-19H2,1H3/b24-17+. The van der Waals surface area contributed by atoms with E-state index >= 15 is 0 Å². The second kappa shape index (κ2) is 8.10. The smallest absolute Gasteiger partial charge is 0.207 e. The number of fused-ring (bicyclic) bond motifs is 2. The van der Waals surface area contributed by atoms with Crippen LogP contribution in [0.15, 0.2) is 88.8 Å². The van der Waals surface area contributed by atoms with Gasteiger partial charge in [-0.1, -0.05) is 77.9 Å². The van der Waals surface area contributed by atoms with Gasteiger partial charge in [0, 0.05) is 19.0 Å². The number of rotatable bonds is 3. The maximum atomic E-state index is 13.5. The Morgan fingerprint density at radius 1 is 0.935 bits per heavy atom. The lowest BCUT2D eigenvalue weighted by molar-refractivity contribution is 0.384. The highest BCUT2D eigenvalue weighted by molar-refractivity contribution is 7.89. The zero-order chi connectivity index (χ0) is 21.4. The molecule has 3 nitrogen and oxygen atoms in total. The minimum atomic E-state index is -3.55. The Morgan fingerprint density at radius 2 is 1.71 bits per heavy atom. The first kappa shape index (κ1) is 20.2. The molecule has 1 aliphatic carbocycles. The fourth-order valence-electron chi connectivity index (χ4n) is 4.86.